The molecule has 0 aliphatic carbocycles. The SMILES string of the molecule is CC(C)N(C)S(=O)(=O)c1ccc(NC(=O)c2ccc(COc3ccc(F)cc3)o2)cc1. The van der Waals surface area contributed by atoms with Crippen molar-refractivity contribution in [2.45, 2.75) is 31.4 Å². The smallest absolute Gasteiger partial charge is 0.291 e. The first-order chi connectivity index (χ1) is 14.7. The number of rotatable bonds is 8. The van der Waals surface area contributed by atoms with E-state index in [0.717, 1.165) is 0 Å². The summed E-state index contributed by atoms with van der Waals surface area (Å²) < 4.78 is 50.2. The predicted molar refractivity (Wildman–Crippen MR) is 114 cm³/mol. The largest absolute Gasteiger partial charge is 0.486 e. The van der Waals surface area contributed by atoms with Gasteiger partial charge in [0.1, 0.15) is 23.9 Å². The number of benzene rings is 2. The maximum atomic E-state index is 12.9. The van der Waals surface area contributed by atoms with Crippen LogP contribution in [0, 0.1) is 5.82 Å². The zero-order valence-electron chi connectivity index (χ0n) is 17.3. The normalized spacial score (nSPS) is 11.7. The molecule has 7 nitrogen and oxygen atoms in total. The highest BCUT2D eigenvalue weighted by Gasteiger charge is 2.23. The second kappa shape index (κ2) is 9.32. The molecule has 0 atom stereocenters. The Labute approximate surface area is 180 Å². The van der Waals surface area contributed by atoms with Gasteiger partial charge in [-0.1, -0.05) is 0 Å². The van der Waals surface area contributed by atoms with Crippen molar-refractivity contribution in [3.8, 4) is 5.75 Å². The first kappa shape index (κ1) is 22.5. The molecule has 9 heteroatoms. The van der Waals surface area contributed by atoms with Crippen LogP contribution < -0.4 is 10.1 Å². The molecule has 1 heterocycles. The van der Waals surface area contributed by atoms with Gasteiger partial charge in [-0.2, -0.15) is 4.31 Å². The Morgan fingerprint density at radius 2 is 1.71 bits per heavy atom. The van der Waals surface area contributed by atoms with Crippen LogP contribution in [-0.4, -0.2) is 31.7 Å². The lowest BCUT2D eigenvalue weighted by molar-refractivity contribution is 0.0992. The Bertz CT molecular complexity index is 1140. The van der Waals surface area contributed by atoms with Gasteiger partial charge < -0.3 is 14.5 Å². The molecule has 0 saturated carbocycles. The maximum absolute atomic E-state index is 12.9. The fraction of sp³-hybridized carbons (Fsp3) is 0.227. The number of ether oxygens (including phenoxy) is 1. The van der Waals surface area contributed by atoms with Gasteiger partial charge in [0.05, 0.1) is 4.90 Å². The summed E-state index contributed by atoms with van der Waals surface area (Å²) in [6.07, 6.45) is 0. The van der Waals surface area contributed by atoms with Gasteiger partial charge >= 0.3 is 0 Å². The van der Waals surface area contributed by atoms with Crippen molar-refractivity contribution >= 4 is 21.6 Å². The van der Waals surface area contributed by atoms with E-state index in [4.69, 9.17) is 9.15 Å². The van der Waals surface area contributed by atoms with Gasteiger partial charge in [0.15, 0.2) is 5.76 Å². The Morgan fingerprint density at radius 3 is 2.32 bits per heavy atom. The highest BCUT2D eigenvalue weighted by atomic mass is 32.2. The van der Waals surface area contributed by atoms with E-state index in [1.54, 1.807) is 19.9 Å². The Hall–Kier alpha value is -3.17. The molecular formula is C22H23FN2O5S. The monoisotopic (exact) mass is 446 g/mol. The lowest BCUT2D eigenvalue weighted by Crippen LogP contribution is -2.33. The molecule has 1 amide bonds. The fourth-order valence-electron chi connectivity index (χ4n) is 2.61. The molecule has 0 unspecified atom stereocenters. The van der Waals surface area contributed by atoms with Crippen LogP contribution >= 0.6 is 0 Å². The van der Waals surface area contributed by atoms with Crippen molar-refractivity contribution < 1.29 is 26.8 Å². The van der Waals surface area contributed by atoms with Gasteiger partial charge in [-0.15, -0.1) is 0 Å². The number of furan rings is 1. The molecular weight excluding hydrogens is 423 g/mol. The topological polar surface area (TPSA) is 88.9 Å². The van der Waals surface area contributed by atoms with Crippen molar-refractivity contribution in [3.05, 3.63) is 78.0 Å². The van der Waals surface area contributed by atoms with Crippen LogP contribution in [0.15, 0.2) is 70.0 Å². The minimum atomic E-state index is -3.60. The molecule has 0 fully saturated rings. The molecule has 3 rings (SSSR count). The number of halogens is 1. The third-order valence-corrected chi connectivity index (χ3v) is 6.64. The van der Waals surface area contributed by atoms with Crippen LogP contribution in [0.4, 0.5) is 10.1 Å². The number of amides is 1. The van der Waals surface area contributed by atoms with Crippen LogP contribution in [0.5, 0.6) is 5.75 Å². The summed E-state index contributed by atoms with van der Waals surface area (Å²) in [5.74, 6) is 0.133. The molecule has 0 radical (unpaired) electrons. The molecule has 1 N–H and O–H groups in total. The van der Waals surface area contributed by atoms with Crippen molar-refractivity contribution in [2.75, 3.05) is 12.4 Å². The minimum Gasteiger partial charge on any atom is -0.486 e. The van der Waals surface area contributed by atoms with E-state index in [0.29, 0.717) is 17.2 Å². The number of hydrogen-bond acceptors (Lipinski definition) is 5. The molecule has 0 spiro atoms. The molecule has 0 saturated heterocycles. The molecule has 31 heavy (non-hydrogen) atoms. The van der Waals surface area contributed by atoms with Crippen LogP contribution in [0.2, 0.25) is 0 Å². The summed E-state index contributed by atoms with van der Waals surface area (Å²) in [6.45, 7) is 3.65. The lowest BCUT2D eigenvalue weighted by Gasteiger charge is -2.21. The third kappa shape index (κ3) is 5.50. The second-order valence-electron chi connectivity index (χ2n) is 7.10. The van der Waals surface area contributed by atoms with Gasteiger partial charge in [0.25, 0.3) is 5.91 Å². The Balaban J connectivity index is 1.61. The van der Waals surface area contributed by atoms with E-state index in [2.05, 4.69) is 5.32 Å². The number of carbonyl (C=O) groups excluding carboxylic acids is 1. The fourth-order valence-corrected chi connectivity index (χ4v) is 3.98. The molecule has 2 aromatic carbocycles. The average Bonchev–Trinajstić information content (AvgIpc) is 3.22. The zero-order chi connectivity index (χ0) is 22.6. The standard InChI is InChI=1S/C22H23FN2O5S/c1-15(2)25(3)31(27,28)20-11-6-17(7-12-20)24-22(26)21-13-10-19(30-21)14-29-18-8-4-16(23)5-9-18/h4-13,15H,14H2,1-3H3,(H,24,26). The molecule has 0 aliphatic heterocycles. The van der Waals surface area contributed by atoms with Gasteiger partial charge in [0, 0.05) is 18.8 Å². The lowest BCUT2D eigenvalue weighted by atomic mass is 10.3. The summed E-state index contributed by atoms with van der Waals surface area (Å²) in [5.41, 5.74) is 0.427. The van der Waals surface area contributed by atoms with Gasteiger partial charge in [0.2, 0.25) is 10.0 Å². The van der Waals surface area contributed by atoms with Crippen molar-refractivity contribution in [3.63, 3.8) is 0 Å². The average molecular weight is 447 g/mol. The summed E-state index contributed by atoms with van der Waals surface area (Å²) in [7, 11) is -2.08. The van der Waals surface area contributed by atoms with Gasteiger partial charge in [-0.05, 0) is 74.5 Å². The molecule has 164 valence electrons. The van der Waals surface area contributed by atoms with Crippen LogP contribution in [-0.2, 0) is 16.6 Å². The van der Waals surface area contributed by atoms with Gasteiger partial charge in [-0.25, -0.2) is 12.8 Å². The van der Waals surface area contributed by atoms with Gasteiger partial charge in [-0.3, -0.25) is 4.79 Å². The van der Waals surface area contributed by atoms with E-state index in [1.807, 2.05) is 0 Å². The minimum absolute atomic E-state index is 0.0777. The van der Waals surface area contributed by atoms with E-state index in [1.165, 1.54) is 66.0 Å². The summed E-state index contributed by atoms with van der Waals surface area (Å²) in [5, 5.41) is 2.66. The molecule has 3 aromatic rings. The molecule has 0 bridgehead atoms. The van der Waals surface area contributed by atoms with Crippen molar-refractivity contribution in [1.29, 1.82) is 0 Å². The molecule has 0 aliphatic rings. The number of nitrogens with one attached hydrogen (secondary N) is 1. The number of carbonyl (C=O) groups is 1. The number of sulfonamides is 1. The van der Waals surface area contributed by atoms with Crippen LogP contribution in [0.3, 0.4) is 0 Å². The maximum Gasteiger partial charge on any atom is 0.291 e. The first-order valence-electron chi connectivity index (χ1n) is 9.53. The molecule has 1 aromatic heterocycles. The van der Waals surface area contributed by atoms with E-state index in [-0.39, 0.29) is 29.1 Å². The first-order valence-corrected chi connectivity index (χ1v) is 11.0. The number of anilines is 1. The van der Waals surface area contributed by atoms with Crippen molar-refractivity contribution in [1.82, 2.24) is 4.31 Å². The Morgan fingerprint density at radius 1 is 1.06 bits per heavy atom. The second-order valence-corrected chi connectivity index (χ2v) is 9.10. The van der Waals surface area contributed by atoms with Crippen LogP contribution in [0.25, 0.3) is 0 Å². The summed E-state index contributed by atoms with van der Waals surface area (Å²) in [6, 6.07) is 14.4. The highest BCUT2D eigenvalue weighted by molar-refractivity contribution is 7.89. The highest BCUT2D eigenvalue weighted by Crippen LogP contribution is 2.20. The quantitative estimate of drug-likeness (QED) is 0.558. The zero-order valence-corrected chi connectivity index (χ0v) is 18.1. The third-order valence-electron chi connectivity index (χ3n) is 4.60. The van der Waals surface area contributed by atoms with E-state index >= 15 is 0 Å². The van der Waals surface area contributed by atoms with E-state index < -0.39 is 15.9 Å². The van der Waals surface area contributed by atoms with Crippen molar-refractivity contribution in [2.24, 2.45) is 0 Å². The van der Waals surface area contributed by atoms with E-state index in [9.17, 15) is 17.6 Å². The number of hydrogen-bond donors (Lipinski definition) is 1. The summed E-state index contributed by atoms with van der Waals surface area (Å²) >= 11 is 0. The predicted octanol–water partition coefficient (Wildman–Crippen LogP) is 4.28. The number of nitrogens with zero attached hydrogens (tertiary/aromatic N) is 1. The van der Waals surface area contributed by atoms with Crippen LogP contribution in [0.1, 0.15) is 30.2 Å². The Kier molecular flexibility index (Phi) is 6.77. The summed E-state index contributed by atoms with van der Waals surface area (Å²) in [4.78, 5) is 12.5.